The first kappa shape index (κ1) is 90.1. The van der Waals surface area contributed by atoms with Gasteiger partial charge in [-0.15, -0.1) is 0 Å². The summed E-state index contributed by atoms with van der Waals surface area (Å²) in [6.07, 6.45) is 54.5. The molecule has 0 saturated carbocycles. The van der Waals surface area contributed by atoms with E-state index in [4.69, 9.17) is 37.0 Å². The number of phosphoric acid groups is 2. The van der Waals surface area contributed by atoms with Crippen LogP contribution in [0.4, 0.5) is 0 Å². The molecule has 0 aliphatic rings. The molecule has 0 amide bonds. The third-order valence-electron chi connectivity index (χ3n) is 17.4. The van der Waals surface area contributed by atoms with E-state index in [1.165, 1.54) is 180 Å². The molecule has 6 atom stereocenters. The molecule has 0 radical (unpaired) electrons. The third-order valence-corrected chi connectivity index (χ3v) is 19.3. The first-order chi connectivity index (χ1) is 44.6. The molecule has 19 heteroatoms. The summed E-state index contributed by atoms with van der Waals surface area (Å²) in [4.78, 5) is 72.3. The number of carbonyl (C=O) groups excluding carboxylic acids is 4. The minimum absolute atomic E-state index is 0.104. The summed E-state index contributed by atoms with van der Waals surface area (Å²) in [5.74, 6) is -1.28. The molecule has 0 aromatic heterocycles. The van der Waals surface area contributed by atoms with Gasteiger partial charge in [0.05, 0.1) is 26.4 Å². The maximum absolute atomic E-state index is 13.1. The van der Waals surface area contributed by atoms with Crippen molar-refractivity contribution >= 4 is 39.5 Å². The number of carbonyl (C=O) groups is 4. The third kappa shape index (κ3) is 65.4. The van der Waals surface area contributed by atoms with Crippen molar-refractivity contribution in [1.29, 1.82) is 0 Å². The fraction of sp³-hybridized carbons (Fsp3) is 0.945. The van der Waals surface area contributed by atoms with Crippen LogP contribution in [0.1, 0.15) is 381 Å². The van der Waals surface area contributed by atoms with Crippen LogP contribution in [-0.4, -0.2) is 96.7 Å². The van der Waals surface area contributed by atoms with Crippen molar-refractivity contribution in [3.8, 4) is 0 Å². The van der Waals surface area contributed by atoms with Gasteiger partial charge in [0.2, 0.25) is 0 Å². The SMILES string of the molecule is CCCCCCCCCCCCCCCCCCCCCCC(=O)O[C@H](COC(=O)CCCCCCCCCCCCCCCCC(C)CC)COP(=O)(O)OC[C@@H](O)COP(=O)(O)OC[C@@H](COC(=O)CCCCCCCCC)OC(=O)CCCCCCCCC. The van der Waals surface area contributed by atoms with Crippen LogP contribution >= 0.6 is 15.6 Å². The van der Waals surface area contributed by atoms with Gasteiger partial charge in [0.25, 0.3) is 0 Å². The van der Waals surface area contributed by atoms with Gasteiger partial charge in [-0.2, -0.15) is 0 Å². The molecule has 3 unspecified atom stereocenters. The number of hydrogen-bond donors (Lipinski definition) is 3. The second kappa shape index (κ2) is 66.3. The molecule has 0 aromatic rings. The molecule has 0 rings (SSSR count). The fourth-order valence-electron chi connectivity index (χ4n) is 11.1. The lowest BCUT2D eigenvalue weighted by Crippen LogP contribution is -2.30. The van der Waals surface area contributed by atoms with E-state index in [1.807, 2.05) is 0 Å². The Kier molecular flexibility index (Phi) is 64.9. The Balaban J connectivity index is 5.12. The van der Waals surface area contributed by atoms with Gasteiger partial charge in [-0.25, -0.2) is 9.13 Å². The first-order valence-electron chi connectivity index (χ1n) is 38.2. The standard InChI is InChI=1S/C73H142O17P2/c1-6-10-13-16-19-20-21-22-23-24-25-26-27-28-33-36-39-44-49-54-59-73(78)90-69(63-84-71(76)57-52-47-43-38-35-32-30-29-31-34-37-42-45-50-55-66(5)9-4)65-88-92(81,82)86-61-67(74)60-85-91(79,80)87-64-68(89-72(77)58-53-48-41-18-15-12-8-3)62-83-70(75)56-51-46-40-17-14-11-7-2/h66-69,74H,6-65H2,1-5H3,(H,79,80)(H,81,82)/t66?,67-,68+,69+/m0/s1. The van der Waals surface area contributed by atoms with E-state index in [0.717, 1.165) is 121 Å². The van der Waals surface area contributed by atoms with Crippen molar-refractivity contribution in [3.63, 3.8) is 0 Å². The molecular weight excluding hydrogens is 1210 g/mol. The Bertz CT molecular complexity index is 1770. The highest BCUT2D eigenvalue weighted by atomic mass is 31.2. The maximum Gasteiger partial charge on any atom is 0.472 e. The summed E-state index contributed by atoms with van der Waals surface area (Å²) in [6, 6.07) is 0. The molecule has 546 valence electrons. The van der Waals surface area contributed by atoms with Crippen molar-refractivity contribution in [2.75, 3.05) is 39.6 Å². The highest BCUT2D eigenvalue weighted by molar-refractivity contribution is 7.47. The van der Waals surface area contributed by atoms with Crippen molar-refractivity contribution < 1.29 is 80.2 Å². The Morgan fingerprint density at radius 1 is 0.304 bits per heavy atom. The van der Waals surface area contributed by atoms with Crippen LogP contribution in [0.25, 0.3) is 0 Å². The number of rotatable bonds is 73. The van der Waals surface area contributed by atoms with E-state index in [2.05, 4.69) is 34.6 Å². The summed E-state index contributed by atoms with van der Waals surface area (Å²) < 4.78 is 68.1. The normalized spacial score (nSPS) is 14.3. The molecule has 0 aliphatic carbocycles. The van der Waals surface area contributed by atoms with Crippen molar-refractivity contribution in [3.05, 3.63) is 0 Å². The van der Waals surface area contributed by atoms with Gasteiger partial charge in [-0.1, -0.05) is 330 Å². The monoisotopic (exact) mass is 1350 g/mol. The minimum Gasteiger partial charge on any atom is -0.462 e. The summed E-state index contributed by atoms with van der Waals surface area (Å²) in [5.41, 5.74) is 0. The number of phosphoric ester groups is 2. The predicted octanol–water partition coefficient (Wildman–Crippen LogP) is 21.3. The van der Waals surface area contributed by atoms with Gasteiger partial charge in [0.15, 0.2) is 12.2 Å². The van der Waals surface area contributed by atoms with Gasteiger partial charge >= 0.3 is 39.5 Å². The molecule has 92 heavy (non-hydrogen) atoms. The molecule has 0 heterocycles. The van der Waals surface area contributed by atoms with Crippen LogP contribution in [0.5, 0.6) is 0 Å². The molecule has 0 spiro atoms. The van der Waals surface area contributed by atoms with E-state index in [-0.39, 0.29) is 25.7 Å². The average Bonchev–Trinajstić information content (AvgIpc) is 2.47. The second-order valence-electron chi connectivity index (χ2n) is 26.6. The Hall–Kier alpha value is -1.94. The largest absolute Gasteiger partial charge is 0.472 e. The molecule has 0 aromatic carbocycles. The highest BCUT2D eigenvalue weighted by Crippen LogP contribution is 2.45. The van der Waals surface area contributed by atoms with Gasteiger partial charge in [-0.3, -0.25) is 37.3 Å². The summed E-state index contributed by atoms with van der Waals surface area (Å²) >= 11 is 0. The van der Waals surface area contributed by atoms with Gasteiger partial charge in [0, 0.05) is 25.7 Å². The van der Waals surface area contributed by atoms with E-state index >= 15 is 0 Å². The summed E-state index contributed by atoms with van der Waals surface area (Å²) in [6.45, 7) is 7.23. The van der Waals surface area contributed by atoms with E-state index < -0.39 is 97.5 Å². The summed E-state index contributed by atoms with van der Waals surface area (Å²) in [5, 5.41) is 10.6. The van der Waals surface area contributed by atoms with Crippen molar-refractivity contribution in [2.24, 2.45) is 5.92 Å². The number of esters is 4. The Morgan fingerprint density at radius 3 is 0.772 bits per heavy atom. The minimum atomic E-state index is -4.95. The van der Waals surface area contributed by atoms with Gasteiger partial charge in [-0.05, 0) is 31.6 Å². The predicted molar refractivity (Wildman–Crippen MR) is 372 cm³/mol. The van der Waals surface area contributed by atoms with Crippen molar-refractivity contribution in [1.82, 2.24) is 0 Å². The zero-order chi connectivity index (χ0) is 67.7. The average molecular weight is 1350 g/mol. The van der Waals surface area contributed by atoms with Crippen LogP contribution in [0, 0.1) is 5.92 Å². The second-order valence-corrected chi connectivity index (χ2v) is 29.5. The van der Waals surface area contributed by atoms with E-state index in [1.54, 1.807) is 0 Å². The molecule has 0 bridgehead atoms. The van der Waals surface area contributed by atoms with E-state index in [9.17, 15) is 43.2 Å². The van der Waals surface area contributed by atoms with Crippen LogP contribution in [0.15, 0.2) is 0 Å². The topological polar surface area (TPSA) is 237 Å². The number of unbranched alkanes of at least 4 members (excludes halogenated alkanes) is 44. The number of aliphatic hydroxyl groups excluding tert-OH is 1. The zero-order valence-corrected chi connectivity index (χ0v) is 61.5. The molecule has 0 aliphatic heterocycles. The first-order valence-corrected chi connectivity index (χ1v) is 41.2. The lowest BCUT2D eigenvalue weighted by Gasteiger charge is -2.21. The zero-order valence-electron chi connectivity index (χ0n) is 59.7. The summed E-state index contributed by atoms with van der Waals surface area (Å²) in [7, 11) is -9.89. The Morgan fingerprint density at radius 2 is 0.522 bits per heavy atom. The smallest absolute Gasteiger partial charge is 0.462 e. The van der Waals surface area contributed by atoms with Gasteiger partial charge in [0.1, 0.15) is 19.3 Å². The fourth-order valence-corrected chi connectivity index (χ4v) is 12.7. The lowest BCUT2D eigenvalue weighted by molar-refractivity contribution is -0.161. The quantitative estimate of drug-likeness (QED) is 0.0222. The maximum atomic E-state index is 13.1. The van der Waals surface area contributed by atoms with Crippen LogP contribution in [-0.2, 0) is 65.4 Å². The Labute approximate surface area is 562 Å². The molecular formula is C73H142O17P2. The molecule has 17 nitrogen and oxygen atoms in total. The number of hydrogen-bond acceptors (Lipinski definition) is 15. The molecule has 0 fully saturated rings. The van der Waals surface area contributed by atoms with E-state index in [0.29, 0.717) is 25.7 Å². The lowest BCUT2D eigenvalue weighted by atomic mass is 9.99. The highest BCUT2D eigenvalue weighted by Gasteiger charge is 2.30. The van der Waals surface area contributed by atoms with Gasteiger partial charge < -0.3 is 33.8 Å². The number of aliphatic hydroxyl groups is 1. The molecule has 3 N–H and O–H groups in total. The van der Waals surface area contributed by atoms with Crippen LogP contribution < -0.4 is 0 Å². The van der Waals surface area contributed by atoms with Crippen LogP contribution in [0.3, 0.4) is 0 Å². The molecule has 0 saturated heterocycles. The van der Waals surface area contributed by atoms with Crippen LogP contribution in [0.2, 0.25) is 0 Å². The number of ether oxygens (including phenoxy) is 4. The van der Waals surface area contributed by atoms with Crippen molar-refractivity contribution in [2.45, 2.75) is 400 Å².